The Balaban J connectivity index is 2.31. The van der Waals surface area contributed by atoms with Gasteiger partial charge in [-0.25, -0.2) is 4.98 Å². The van der Waals surface area contributed by atoms with Crippen molar-refractivity contribution in [3.63, 3.8) is 0 Å². The van der Waals surface area contributed by atoms with Crippen molar-refractivity contribution >= 4 is 17.7 Å². The Morgan fingerprint density at radius 2 is 2.15 bits per heavy atom. The summed E-state index contributed by atoms with van der Waals surface area (Å²) < 4.78 is 7.66. The second kappa shape index (κ2) is 6.18. The van der Waals surface area contributed by atoms with Crippen molar-refractivity contribution in [1.29, 1.82) is 0 Å². The minimum atomic E-state index is -0.811. The summed E-state index contributed by atoms with van der Waals surface area (Å²) >= 11 is 1.30. The Labute approximate surface area is 123 Å². The number of hydrogen-bond donors (Lipinski definition) is 1. The maximum atomic E-state index is 10.8. The number of aromatic nitrogens is 2. The van der Waals surface area contributed by atoms with Crippen LogP contribution in [-0.2, 0) is 14.9 Å². The van der Waals surface area contributed by atoms with Crippen LogP contribution in [-0.4, -0.2) is 39.6 Å². The summed E-state index contributed by atoms with van der Waals surface area (Å²) in [4.78, 5) is 15.2. The number of carbonyl (C=O) groups is 1. The lowest BCUT2D eigenvalue weighted by molar-refractivity contribution is -0.133. The molecular weight excluding hydrogens is 276 g/mol. The highest BCUT2D eigenvalue weighted by atomic mass is 32.2. The summed E-state index contributed by atoms with van der Waals surface area (Å²) in [7, 11) is 0. The summed E-state index contributed by atoms with van der Waals surface area (Å²) in [6.45, 7) is 7.99. The van der Waals surface area contributed by atoms with Gasteiger partial charge in [-0.3, -0.25) is 4.79 Å². The molecule has 1 aliphatic heterocycles. The SMILES string of the molecule is CC(C)(C)c1cnc(SCC(=O)O)n1C1CCOCC1. The van der Waals surface area contributed by atoms with Crippen LogP contribution in [0.3, 0.4) is 0 Å². The summed E-state index contributed by atoms with van der Waals surface area (Å²) in [6, 6.07) is 0.358. The molecule has 1 fully saturated rings. The van der Waals surface area contributed by atoms with Crippen molar-refractivity contribution < 1.29 is 14.6 Å². The Kier molecular flexibility index (Phi) is 4.75. The monoisotopic (exact) mass is 298 g/mol. The first kappa shape index (κ1) is 15.4. The van der Waals surface area contributed by atoms with E-state index in [1.54, 1.807) is 0 Å². The molecule has 0 unspecified atom stereocenters. The third kappa shape index (κ3) is 3.55. The van der Waals surface area contributed by atoms with Gasteiger partial charge in [0.1, 0.15) is 0 Å². The molecule has 5 nitrogen and oxygen atoms in total. The fraction of sp³-hybridized carbons (Fsp3) is 0.714. The molecule has 1 aromatic rings. The molecule has 0 atom stereocenters. The fourth-order valence-corrected chi connectivity index (χ4v) is 3.19. The lowest BCUT2D eigenvalue weighted by atomic mass is 9.92. The third-order valence-electron chi connectivity index (χ3n) is 3.41. The summed E-state index contributed by atoms with van der Waals surface area (Å²) in [5.41, 5.74) is 1.16. The molecule has 0 radical (unpaired) electrons. The Hall–Kier alpha value is -1.01. The summed E-state index contributed by atoms with van der Waals surface area (Å²) in [5.74, 6) is -0.766. The number of ether oxygens (including phenoxy) is 1. The topological polar surface area (TPSA) is 64.3 Å². The predicted molar refractivity (Wildman–Crippen MR) is 78.4 cm³/mol. The number of nitrogens with zero attached hydrogens (tertiary/aromatic N) is 2. The van der Waals surface area contributed by atoms with E-state index >= 15 is 0 Å². The van der Waals surface area contributed by atoms with E-state index in [9.17, 15) is 4.79 Å². The van der Waals surface area contributed by atoms with Crippen molar-refractivity contribution in [2.24, 2.45) is 0 Å². The molecule has 2 rings (SSSR count). The van der Waals surface area contributed by atoms with Gasteiger partial charge in [-0.2, -0.15) is 0 Å². The Bertz CT molecular complexity index is 473. The largest absolute Gasteiger partial charge is 0.481 e. The molecular formula is C14H22N2O3S. The van der Waals surface area contributed by atoms with Crippen LogP contribution in [0.25, 0.3) is 0 Å². The minimum Gasteiger partial charge on any atom is -0.481 e. The average Bonchev–Trinajstić information content (AvgIpc) is 2.81. The van der Waals surface area contributed by atoms with E-state index in [1.807, 2.05) is 6.20 Å². The van der Waals surface area contributed by atoms with Gasteiger partial charge in [-0.05, 0) is 12.8 Å². The molecule has 0 saturated carbocycles. The van der Waals surface area contributed by atoms with Gasteiger partial charge >= 0.3 is 5.97 Å². The molecule has 2 heterocycles. The first-order chi connectivity index (χ1) is 9.39. The van der Waals surface area contributed by atoms with Crippen molar-refractivity contribution in [1.82, 2.24) is 9.55 Å². The number of aliphatic carboxylic acids is 1. The van der Waals surface area contributed by atoms with E-state index in [0.717, 1.165) is 36.9 Å². The lowest BCUT2D eigenvalue weighted by Gasteiger charge is -2.30. The van der Waals surface area contributed by atoms with Crippen LogP contribution in [0.1, 0.15) is 45.3 Å². The zero-order chi connectivity index (χ0) is 14.8. The van der Waals surface area contributed by atoms with Gasteiger partial charge in [0.25, 0.3) is 0 Å². The van der Waals surface area contributed by atoms with Crippen molar-refractivity contribution in [3.8, 4) is 0 Å². The number of rotatable bonds is 4. The highest BCUT2D eigenvalue weighted by Gasteiger charge is 2.27. The van der Waals surface area contributed by atoms with E-state index in [1.165, 1.54) is 11.8 Å². The van der Waals surface area contributed by atoms with E-state index in [-0.39, 0.29) is 11.2 Å². The van der Waals surface area contributed by atoms with Gasteiger partial charge in [-0.1, -0.05) is 32.5 Å². The molecule has 1 aromatic heterocycles. The molecule has 1 N–H and O–H groups in total. The molecule has 112 valence electrons. The van der Waals surface area contributed by atoms with Crippen LogP contribution in [0.4, 0.5) is 0 Å². The van der Waals surface area contributed by atoms with Crippen LogP contribution in [0.2, 0.25) is 0 Å². The van der Waals surface area contributed by atoms with E-state index < -0.39 is 5.97 Å². The highest BCUT2D eigenvalue weighted by molar-refractivity contribution is 7.99. The predicted octanol–water partition coefficient (Wildman–Crippen LogP) is 2.71. The van der Waals surface area contributed by atoms with Crippen LogP contribution < -0.4 is 0 Å². The molecule has 1 aliphatic rings. The number of carboxylic acids is 1. The van der Waals surface area contributed by atoms with Crippen LogP contribution in [0, 0.1) is 0 Å². The zero-order valence-electron chi connectivity index (χ0n) is 12.3. The third-order valence-corrected chi connectivity index (χ3v) is 4.36. The van der Waals surface area contributed by atoms with Crippen molar-refractivity contribution in [3.05, 3.63) is 11.9 Å². The van der Waals surface area contributed by atoms with Gasteiger partial charge in [0.05, 0.1) is 5.75 Å². The van der Waals surface area contributed by atoms with Crippen LogP contribution in [0.15, 0.2) is 11.4 Å². The minimum absolute atomic E-state index is 0.00661. The Morgan fingerprint density at radius 3 is 2.70 bits per heavy atom. The smallest absolute Gasteiger partial charge is 0.313 e. The number of thioether (sulfide) groups is 1. The van der Waals surface area contributed by atoms with Gasteiger partial charge in [0, 0.05) is 36.6 Å². The second-order valence-electron chi connectivity index (χ2n) is 6.07. The van der Waals surface area contributed by atoms with E-state index in [4.69, 9.17) is 9.84 Å². The molecule has 1 saturated heterocycles. The summed E-state index contributed by atoms with van der Waals surface area (Å²) in [6.07, 6.45) is 3.81. The van der Waals surface area contributed by atoms with Crippen LogP contribution >= 0.6 is 11.8 Å². The van der Waals surface area contributed by atoms with Gasteiger partial charge in [0.15, 0.2) is 5.16 Å². The van der Waals surface area contributed by atoms with Gasteiger partial charge in [-0.15, -0.1) is 0 Å². The van der Waals surface area contributed by atoms with E-state index in [2.05, 4.69) is 30.3 Å². The number of carboxylic acid groups (broad SMARTS) is 1. The lowest BCUT2D eigenvalue weighted by Crippen LogP contribution is -2.26. The standard InChI is InChI=1S/C14H22N2O3S/c1-14(2,3)11-8-15-13(20-9-12(17)18)16(11)10-4-6-19-7-5-10/h8,10H,4-7,9H2,1-3H3,(H,17,18). The highest BCUT2D eigenvalue weighted by Crippen LogP contribution is 2.34. The number of imidazole rings is 1. The molecule has 0 aliphatic carbocycles. The van der Waals surface area contributed by atoms with E-state index in [0.29, 0.717) is 6.04 Å². The molecule has 20 heavy (non-hydrogen) atoms. The molecule has 0 aromatic carbocycles. The van der Waals surface area contributed by atoms with Crippen LogP contribution in [0.5, 0.6) is 0 Å². The molecule has 6 heteroatoms. The van der Waals surface area contributed by atoms with Gasteiger partial charge in [0.2, 0.25) is 0 Å². The first-order valence-electron chi connectivity index (χ1n) is 6.89. The molecule has 0 amide bonds. The quantitative estimate of drug-likeness (QED) is 0.866. The number of hydrogen-bond acceptors (Lipinski definition) is 4. The second-order valence-corrected chi connectivity index (χ2v) is 7.01. The maximum Gasteiger partial charge on any atom is 0.313 e. The molecule has 0 spiro atoms. The average molecular weight is 298 g/mol. The van der Waals surface area contributed by atoms with Gasteiger partial charge < -0.3 is 14.4 Å². The summed E-state index contributed by atoms with van der Waals surface area (Å²) in [5, 5.41) is 9.67. The first-order valence-corrected chi connectivity index (χ1v) is 7.88. The normalized spacial score (nSPS) is 17.4. The fourth-order valence-electron chi connectivity index (χ4n) is 2.43. The Morgan fingerprint density at radius 1 is 1.50 bits per heavy atom. The zero-order valence-corrected chi connectivity index (χ0v) is 13.1. The maximum absolute atomic E-state index is 10.8. The molecule has 0 bridgehead atoms. The van der Waals surface area contributed by atoms with Crippen molar-refractivity contribution in [2.75, 3.05) is 19.0 Å². The van der Waals surface area contributed by atoms with Crippen molar-refractivity contribution in [2.45, 2.75) is 50.2 Å².